The third-order valence-corrected chi connectivity index (χ3v) is 7.26. The Morgan fingerprint density at radius 2 is 1.94 bits per heavy atom. The number of ether oxygens (including phenoxy) is 3. The Balaban J connectivity index is 1.73. The van der Waals surface area contributed by atoms with Crippen molar-refractivity contribution in [3.8, 4) is 11.5 Å². The summed E-state index contributed by atoms with van der Waals surface area (Å²) in [7, 11) is 1.65. The molecule has 4 aromatic rings. The van der Waals surface area contributed by atoms with Gasteiger partial charge in [-0.25, -0.2) is 4.79 Å². The Bertz CT molecular complexity index is 1420. The summed E-state index contributed by atoms with van der Waals surface area (Å²) in [5.74, 6) is 1.12. The van der Waals surface area contributed by atoms with E-state index in [1.165, 1.54) is 0 Å². The molecule has 0 radical (unpaired) electrons. The molecule has 5 heteroatoms. The van der Waals surface area contributed by atoms with Crippen molar-refractivity contribution in [2.45, 2.75) is 12.5 Å². The van der Waals surface area contributed by atoms with Gasteiger partial charge >= 0.3 is 5.97 Å². The van der Waals surface area contributed by atoms with Crippen molar-refractivity contribution in [3.63, 3.8) is 0 Å². The molecular weight excluding hydrogens is 420 g/mol. The van der Waals surface area contributed by atoms with Gasteiger partial charge in [0.15, 0.2) is 5.60 Å². The van der Waals surface area contributed by atoms with E-state index in [2.05, 4.69) is 36.6 Å². The van der Waals surface area contributed by atoms with Crippen molar-refractivity contribution in [2.75, 3.05) is 13.7 Å². The standard InChI is InChI=1S/C27H20O4S/c1-16-6-3-4-7-22(16)27(23-8-5-11-32-23)14-18-15-30-26(28)21-12-17-9-10-19(29-2)13-20(17)25(31-27)24(18)21/h3-14H,15H2,1-2H3. The van der Waals surface area contributed by atoms with Crippen LogP contribution < -0.4 is 9.47 Å². The highest BCUT2D eigenvalue weighted by Gasteiger charge is 2.44. The number of benzene rings is 3. The number of carbonyl (C=O) groups is 1. The van der Waals surface area contributed by atoms with E-state index in [0.717, 1.165) is 43.7 Å². The van der Waals surface area contributed by atoms with Crippen LogP contribution in [-0.4, -0.2) is 19.7 Å². The summed E-state index contributed by atoms with van der Waals surface area (Å²) in [6, 6.07) is 20.1. The fourth-order valence-electron chi connectivity index (χ4n) is 4.76. The summed E-state index contributed by atoms with van der Waals surface area (Å²) in [5.41, 5.74) is 3.70. The number of hydrogen-bond donors (Lipinski definition) is 0. The number of carbonyl (C=O) groups excluding carboxylic acids is 1. The van der Waals surface area contributed by atoms with Crippen molar-refractivity contribution in [1.82, 2.24) is 0 Å². The molecule has 3 heterocycles. The van der Waals surface area contributed by atoms with E-state index < -0.39 is 5.60 Å². The van der Waals surface area contributed by atoms with E-state index >= 15 is 0 Å². The lowest BCUT2D eigenvalue weighted by molar-refractivity contribution is 0.0534. The summed E-state index contributed by atoms with van der Waals surface area (Å²) in [6.45, 7) is 2.32. The van der Waals surface area contributed by atoms with Gasteiger partial charge in [0.05, 0.1) is 17.6 Å². The van der Waals surface area contributed by atoms with Gasteiger partial charge in [-0.1, -0.05) is 36.4 Å². The maximum atomic E-state index is 12.7. The van der Waals surface area contributed by atoms with E-state index in [0.29, 0.717) is 11.3 Å². The molecule has 3 aromatic carbocycles. The zero-order valence-electron chi connectivity index (χ0n) is 17.7. The van der Waals surface area contributed by atoms with E-state index in [1.54, 1.807) is 18.4 Å². The minimum atomic E-state index is -0.819. The number of methoxy groups -OCH3 is 1. The summed E-state index contributed by atoms with van der Waals surface area (Å²) >= 11 is 1.65. The minimum absolute atomic E-state index is 0.219. The Morgan fingerprint density at radius 3 is 2.72 bits per heavy atom. The van der Waals surface area contributed by atoms with Gasteiger partial charge in [0.25, 0.3) is 0 Å². The third-order valence-electron chi connectivity index (χ3n) is 6.27. The molecule has 0 saturated heterocycles. The first-order chi connectivity index (χ1) is 15.6. The van der Waals surface area contributed by atoms with Crippen LogP contribution in [0.15, 0.2) is 72.1 Å². The maximum Gasteiger partial charge on any atom is 0.339 e. The molecule has 0 spiro atoms. The maximum absolute atomic E-state index is 12.7. The van der Waals surface area contributed by atoms with Crippen LogP contribution in [0.4, 0.5) is 0 Å². The molecule has 1 atom stereocenters. The number of hydrogen-bond acceptors (Lipinski definition) is 5. The third kappa shape index (κ3) is 2.64. The van der Waals surface area contributed by atoms with Gasteiger partial charge in [0.1, 0.15) is 18.1 Å². The molecule has 158 valence electrons. The molecule has 1 aromatic heterocycles. The van der Waals surface area contributed by atoms with E-state index in [9.17, 15) is 4.79 Å². The molecule has 0 amide bonds. The molecule has 0 fully saturated rings. The van der Waals surface area contributed by atoms with E-state index in [-0.39, 0.29) is 12.6 Å². The van der Waals surface area contributed by atoms with Crippen LogP contribution in [0.2, 0.25) is 0 Å². The lowest BCUT2D eigenvalue weighted by Crippen LogP contribution is -2.37. The molecule has 2 aliphatic heterocycles. The highest BCUT2D eigenvalue weighted by atomic mass is 32.1. The van der Waals surface area contributed by atoms with Gasteiger partial charge in [-0.2, -0.15) is 0 Å². The second kappa shape index (κ2) is 6.97. The molecule has 4 nitrogen and oxygen atoms in total. The number of esters is 1. The predicted octanol–water partition coefficient (Wildman–Crippen LogP) is 6.11. The monoisotopic (exact) mass is 440 g/mol. The molecule has 32 heavy (non-hydrogen) atoms. The average molecular weight is 441 g/mol. The first kappa shape index (κ1) is 19.1. The first-order valence-electron chi connectivity index (χ1n) is 10.4. The molecule has 6 rings (SSSR count). The van der Waals surface area contributed by atoms with Crippen LogP contribution in [-0.2, 0) is 10.3 Å². The zero-order valence-corrected chi connectivity index (χ0v) is 18.5. The van der Waals surface area contributed by atoms with Crippen LogP contribution >= 0.6 is 11.3 Å². The molecule has 0 N–H and O–H groups in total. The molecule has 2 aliphatic rings. The number of cyclic esters (lactones) is 1. The van der Waals surface area contributed by atoms with Crippen molar-refractivity contribution >= 4 is 33.7 Å². The van der Waals surface area contributed by atoms with Gasteiger partial charge in [0.2, 0.25) is 0 Å². The van der Waals surface area contributed by atoms with Gasteiger partial charge in [-0.15, -0.1) is 11.3 Å². The molecule has 0 aliphatic carbocycles. The topological polar surface area (TPSA) is 44.8 Å². The van der Waals surface area contributed by atoms with Crippen LogP contribution in [0, 0.1) is 6.92 Å². The van der Waals surface area contributed by atoms with Crippen LogP contribution in [0.3, 0.4) is 0 Å². The van der Waals surface area contributed by atoms with Crippen LogP contribution in [0.5, 0.6) is 11.5 Å². The van der Waals surface area contributed by atoms with Crippen molar-refractivity contribution in [1.29, 1.82) is 0 Å². The van der Waals surface area contributed by atoms with E-state index in [1.807, 2.05) is 42.5 Å². The lowest BCUT2D eigenvalue weighted by atomic mass is 9.81. The lowest BCUT2D eigenvalue weighted by Gasteiger charge is -2.39. The molecule has 1 unspecified atom stereocenters. The first-order valence-corrected chi connectivity index (χ1v) is 11.3. The fourth-order valence-corrected chi connectivity index (χ4v) is 5.61. The Hall–Kier alpha value is -3.57. The minimum Gasteiger partial charge on any atom is -0.497 e. The second-order valence-corrected chi connectivity index (χ2v) is 9.04. The number of thiophene rings is 1. The highest BCUT2D eigenvalue weighted by Crippen LogP contribution is 2.52. The SMILES string of the molecule is COc1ccc2cc3c4c(c2c1)OC(c1cccs1)(c1ccccc1C)C=C4COC3=O. The molecule has 0 bridgehead atoms. The summed E-state index contributed by atoms with van der Waals surface area (Å²) in [6.07, 6.45) is 2.13. The van der Waals surface area contributed by atoms with Crippen LogP contribution in [0.25, 0.3) is 16.3 Å². The van der Waals surface area contributed by atoms with Crippen molar-refractivity contribution in [2.24, 2.45) is 0 Å². The van der Waals surface area contributed by atoms with Gasteiger partial charge in [-0.3, -0.25) is 0 Å². The fraction of sp³-hybridized carbons (Fsp3) is 0.148. The van der Waals surface area contributed by atoms with Crippen LogP contribution in [0.1, 0.15) is 31.9 Å². The second-order valence-electron chi connectivity index (χ2n) is 8.09. The smallest absolute Gasteiger partial charge is 0.339 e. The number of aryl methyl sites for hydroxylation is 1. The average Bonchev–Trinajstić information content (AvgIpc) is 3.37. The quantitative estimate of drug-likeness (QED) is 0.361. The largest absolute Gasteiger partial charge is 0.497 e. The zero-order chi connectivity index (χ0) is 21.9. The van der Waals surface area contributed by atoms with Gasteiger partial charge < -0.3 is 14.2 Å². The summed E-state index contributed by atoms with van der Waals surface area (Å²) < 4.78 is 18.1. The number of rotatable bonds is 3. The van der Waals surface area contributed by atoms with E-state index in [4.69, 9.17) is 14.2 Å². The molecular formula is C27H20O4S. The van der Waals surface area contributed by atoms with Crippen molar-refractivity contribution in [3.05, 3.63) is 99.3 Å². The normalized spacial score (nSPS) is 19.1. The highest BCUT2D eigenvalue weighted by molar-refractivity contribution is 7.10. The Labute approximate surface area is 189 Å². The summed E-state index contributed by atoms with van der Waals surface area (Å²) in [4.78, 5) is 13.7. The summed E-state index contributed by atoms with van der Waals surface area (Å²) in [5, 5.41) is 3.88. The molecule has 0 saturated carbocycles. The Morgan fingerprint density at radius 1 is 1.06 bits per heavy atom. The van der Waals surface area contributed by atoms with Crippen molar-refractivity contribution < 1.29 is 19.0 Å². The van der Waals surface area contributed by atoms with Gasteiger partial charge in [-0.05, 0) is 53.6 Å². The number of fused-ring (bicyclic) bond motifs is 2. The predicted molar refractivity (Wildman–Crippen MR) is 126 cm³/mol. The Kier molecular flexibility index (Phi) is 4.17. The van der Waals surface area contributed by atoms with Gasteiger partial charge in [0, 0.05) is 22.1 Å².